The molecule has 0 saturated heterocycles. The van der Waals surface area contributed by atoms with Gasteiger partial charge >= 0.3 is 0 Å². The molecule has 0 aliphatic rings. The van der Waals surface area contributed by atoms with Gasteiger partial charge in [-0.3, -0.25) is 14.2 Å². The monoisotopic (exact) mass is 503 g/mol. The maximum absolute atomic E-state index is 13.9. The summed E-state index contributed by atoms with van der Waals surface area (Å²) in [5.41, 5.74) is 1.41. The zero-order valence-corrected chi connectivity index (χ0v) is 17.7. The van der Waals surface area contributed by atoms with Gasteiger partial charge in [0.25, 0.3) is 5.91 Å². The Kier molecular flexibility index (Phi) is 5.50. The molecule has 10 heteroatoms. The summed E-state index contributed by atoms with van der Waals surface area (Å²) in [6, 6.07) is 4.49. The first-order valence-electron chi connectivity index (χ1n) is 7.44. The SMILES string of the molecule is Cc1nn(C)c(C(=O)Nc2nn(Cc3c(F)cccc3Cl)cc2Br)c1Br. The molecule has 3 rings (SSSR count). The van der Waals surface area contributed by atoms with E-state index in [1.54, 1.807) is 32.3 Å². The molecule has 1 amide bonds. The number of nitrogens with zero attached hydrogens (tertiary/aromatic N) is 4. The fraction of sp³-hybridized carbons (Fsp3) is 0.188. The molecule has 1 aromatic carbocycles. The van der Waals surface area contributed by atoms with Gasteiger partial charge in [0.15, 0.2) is 5.82 Å². The largest absolute Gasteiger partial charge is 0.303 e. The predicted molar refractivity (Wildman–Crippen MR) is 104 cm³/mol. The van der Waals surface area contributed by atoms with E-state index in [2.05, 4.69) is 47.4 Å². The third kappa shape index (κ3) is 3.70. The Labute approximate surface area is 170 Å². The van der Waals surface area contributed by atoms with Crippen LogP contribution in [0.2, 0.25) is 5.02 Å². The van der Waals surface area contributed by atoms with E-state index in [0.29, 0.717) is 36.7 Å². The number of halogens is 4. The van der Waals surface area contributed by atoms with Crippen LogP contribution in [0.1, 0.15) is 21.7 Å². The Hall–Kier alpha value is -1.71. The van der Waals surface area contributed by atoms with E-state index in [4.69, 9.17) is 11.6 Å². The number of rotatable bonds is 4. The maximum Gasteiger partial charge on any atom is 0.276 e. The van der Waals surface area contributed by atoms with Gasteiger partial charge < -0.3 is 5.32 Å². The zero-order chi connectivity index (χ0) is 19.0. The quantitative estimate of drug-likeness (QED) is 0.566. The number of carbonyl (C=O) groups excluding carboxylic acids is 1. The molecule has 0 aliphatic heterocycles. The summed E-state index contributed by atoms with van der Waals surface area (Å²) in [5, 5.41) is 11.5. The molecule has 0 atom stereocenters. The first kappa shape index (κ1) is 19.1. The normalized spacial score (nSPS) is 11.0. The van der Waals surface area contributed by atoms with Crippen LogP contribution in [0.4, 0.5) is 10.2 Å². The van der Waals surface area contributed by atoms with Gasteiger partial charge in [-0.15, -0.1) is 0 Å². The predicted octanol–water partition coefficient (Wildman–Crippen LogP) is 4.54. The lowest BCUT2D eigenvalue weighted by Crippen LogP contribution is -2.17. The van der Waals surface area contributed by atoms with Crippen LogP contribution < -0.4 is 5.32 Å². The minimum Gasteiger partial charge on any atom is -0.303 e. The van der Waals surface area contributed by atoms with Gasteiger partial charge in [-0.2, -0.15) is 10.2 Å². The number of anilines is 1. The topological polar surface area (TPSA) is 64.7 Å². The van der Waals surface area contributed by atoms with Gasteiger partial charge in [0, 0.05) is 23.8 Å². The van der Waals surface area contributed by atoms with Crippen molar-refractivity contribution in [2.24, 2.45) is 7.05 Å². The minimum absolute atomic E-state index is 0.133. The Morgan fingerprint density at radius 3 is 2.69 bits per heavy atom. The number of aryl methyl sites for hydroxylation is 2. The second kappa shape index (κ2) is 7.50. The number of hydrogen-bond acceptors (Lipinski definition) is 3. The van der Waals surface area contributed by atoms with Crippen molar-refractivity contribution in [3.63, 3.8) is 0 Å². The maximum atomic E-state index is 13.9. The molecule has 6 nitrogen and oxygen atoms in total. The van der Waals surface area contributed by atoms with Gasteiger partial charge in [0.2, 0.25) is 0 Å². The summed E-state index contributed by atoms with van der Waals surface area (Å²) in [7, 11) is 1.68. The molecule has 0 aliphatic carbocycles. The summed E-state index contributed by atoms with van der Waals surface area (Å²) in [6.07, 6.45) is 1.64. The fourth-order valence-corrected chi connectivity index (χ4v) is 3.61. The van der Waals surface area contributed by atoms with Crippen molar-refractivity contribution in [1.82, 2.24) is 19.6 Å². The highest BCUT2D eigenvalue weighted by atomic mass is 79.9. The second-order valence-corrected chi connectivity index (χ2v) is 7.60. The summed E-state index contributed by atoms with van der Waals surface area (Å²) >= 11 is 12.8. The van der Waals surface area contributed by atoms with Gasteiger partial charge in [-0.1, -0.05) is 17.7 Å². The van der Waals surface area contributed by atoms with Crippen LogP contribution in [-0.4, -0.2) is 25.5 Å². The average molecular weight is 506 g/mol. The Morgan fingerprint density at radius 2 is 2.08 bits per heavy atom. The van der Waals surface area contributed by atoms with Crippen LogP contribution >= 0.6 is 43.5 Å². The number of nitrogens with one attached hydrogen (secondary N) is 1. The van der Waals surface area contributed by atoms with Crippen molar-refractivity contribution >= 4 is 55.2 Å². The highest BCUT2D eigenvalue weighted by Gasteiger charge is 2.20. The van der Waals surface area contributed by atoms with E-state index in [0.717, 1.165) is 0 Å². The van der Waals surface area contributed by atoms with Crippen LogP contribution in [-0.2, 0) is 13.6 Å². The third-order valence-electron chi connectivity index (χ3n) is 3.70. The number of hydrogen-bond donors (Lipinski definition) is 1. The summed E-state index contributed by atoms with van der Waals surface area (Å²) in [5.74, 6) is -0.466. The van der Waals surface area contributed by atoms with Gasteiger partial charge in [0.1, 0.15) is 11.5 Å². The molecule has 0 radical (unpaired) electrons. The highest BCUT2D eigenvalue weighted by molar-refractivity contribution is 9.11. The summed E-state index contributed by atoms with van der Waals surface area (Å²) in [4.78, 5) is 12.5. The lowest BCUT2D eigenvalue weighted by atomic mass is 10.2. The van der Waals surface area contributed by atoms with Crippen LogP contribution in [0.5, 0.6) is 0 Å². The number of carbonyl (C=O) groups is 1. The molecule has 2 aromatic heterocycles. The smallest absolute Gasteiger partial charge is 0.276 e. The molecular formula is C16H13Br2ClFN5O. The summed E-state index contributed by atoms with van der Waals surface area (Å²) < 4.78 is 18.1. The van der Waals surface area contributed by atoms with E-state index in [-0.39, 0.29) is 12.5 Å². The number of benzene rings is 1. The summed E-state index contributed by atoms with van der Waals surface area (Å²) in [6.45, 7) is 1.93. The molecule has 0 saturated carbocycles. The van der Waals surface area contributed by atoms with Crippen molar-refractivity contribution < 1.29 is 9.18 Å². The standard InChI is InChI=1S/C16H13Br2ClFN5O/c1-8-13(18)14(24(2)22-8)16(26)21-15-10(17)7-25(23-15)6-9-11(19)4-3-5-12(9)20/h3-5,7H,6H2,1-2H3,(H,21,23,26). The second-order valence-electron chi connectivity index (χ2n) is 5.55. The molecule has 0 fully saturated rings. The van der Waals surface area contributed by atoms with Crippen LogP contribution in [0.15, 0.2) is 33.3 Å². The number of aromatic nitrogens is 4. The molecule has 0 unspecified atom stereocenters. The molecule has 26 heavy (non-hydrogen) atoms. The van der Waals surface area contributed by atoms with Crippen LogP contribution in [0.3, 0.4) is 0 Å². The van der Waals surface area contributed by atoms with Gasteiger partial charge in [0.05, 0.1) is 21.2 Å². The molecule has 0 bridgehead atoms. The van der Waals surface area contributed by atoms with E-state index in [1.807, 2.05) is 0 Å². The minimum atomic E-state index is -0.413. The van der Waals surface area contributed by atoms with Crippen molar-refractivity contribution in [2.45, 2.75) is 13.5 Å². The molecule has 3 aromatic rings. The first-order chi connectivity index (χ1) is 12.3. The van der Waals surface area contributed by atoms with Gasteiger partial charge in [-0.05, 0) is 50.9 Å². The first-order valence-corrected chi connectivity index (χ1v) is 9.40. The third-order valence-corrected chi connectivity index (χ3v) is 5.58. The van der Waals surface area contributed by atoms with Crippen molar-refractivity contribution in [2.75, 3.05) is 5.32 Å². The molecule has 0 spiro atoms. The lowest BCUT2D eigenvalue weighted by molar-refractivity contribution is 0.101. The average Bonchev–Trinajstić information content (AvgIpc) is 3.02. The van der Waals surface area contributed by atoms with Gasteiger partial charge in [-0.25, -0.2) is 4.39 Å². The van der Waals surface area contributed by atoms with Crippen molar-refractivity contribution in [3.05, 3.63) is 61.1 Å². The van der Waals surface area contributed by atoms with E-state index in [1.165, 1.54) is 15.4 Å². The molecule has 136 valence electrons. The number of amides is 1. The van der Waals surface area contributed by atoms with Crippen LogP contribution in [0.25, 0.3) is 0 Å². The lowest BCUT2D eigenvalue weighted by Gasteiger charge is -2.06. The van der Waals surface area contributed by atoms with Crippen LogP contribution in [0, 0.1) is 12.7 Å². The van der Waals surface area contributed by atoms with E-state index >= 15 is 0 Å². The zero-order valence-electron chi connectivity index (χ0n) is 13.7. The molecule has 2 heterocycles. The molecular weight excluding hydrogens is 492 g/mol. The Balaban J connectivity index is 1.84. The molecule has 1 N–H and O–H groups in total. The van der Waals surface area contributed by atoms with E-state index < -0.39 is 5.82 Å². The highest BCUT2D eigenvalue weighted by Crippen LogP contribution is 2.26. The van der Waals surface area contributed by atoms with Crippen molar-refractivity contribution in [1.29, 1.82) is 0 Å². The van der Waals surface area contributed by atoms with Crippen molar-refractivity contribution in [3.8, 4) is 0 Å². The fourth-order valence-electron chi connectivity index (χ4n) is 2.45. The Bertz CT molecular complexity index is 981. The Morgan fingerprint density at radius 1 is 1.35 bits per heavy atom. The van der Waals surface area contributed by atoms with E-state index in [9.17, 15) is 9.18 Å².